The summed E-state index contributed by atoms with van der Waals surface area (Å²) in [5, 5.41) is 0. The number of methoxy groups -OCH3 is 1. The first-order chi connectivity index (χ1) is 12.3. The number of rotatable bonds is 8. The first kappa shape index (κ1) is 16.9. The van der Waals surface area contributed by atoms with Crippen LogP contribution in [0.2, 0.25) is 0 Å². The highest BCUT2D eigenvalue weighted by molar-refractivity contribution is 5.42. The molecule has 0 aliphatic rings. The molecule has 0 atom stereocenters. The molecule has 0 aromatic heterocycles. The lowest BCUT2D eigenvalue weighted by Crippen LogP contribution is -2.20. The van der Waals surface area contributed by atoms with E-state index in [0.29, 0.717) is 13.2 Å². The van der Waals surface area contributed by atoms with Gasteiger partial charge in [0, 0.05) is 17.8 Å². The summed E-state index contributed by atoms with van der Waals surface area (Å²) in [6, 6.07) is 25.9. The van der Waals surface area contributed by atoms with Crippen molar-refractivity contribution in [1.29, 1.82) is 0 Å². The second kappa shape index (κ2) is 8.76. The number of hydrogen-bond acceptors (Lipinski definition) is 4. The lowest BCUT2D eigenvalue weighted by Gasteiger charge is -2.13. The largest absolute Gasteiger partial charge is 0.496 e. The molecule has 128 valence electrons. The van der Waals surface area contributed by atoms with Crippen LogP contribution in [-0.2, 0) is 13.2 Å². The molecule has 0 amide bonds. The van der Waals surface area contributed by atoms with Gasteiger partial charge in [0.15, 0.2) is 0 Å². The molecule has 2 N–H and O–H groups in total. The summed E-state index contributed by atoms with van der Waals surface area (Å²) in [5.41, 5.74) is 9.61. The Hall–Kier alpha value is -2.98. The molecule has 25 heavy (non-hydrogen) atoms. The highest BCUT2D eigenvalue weighted by Crippen LogP contribution is 2.22. The van der Waals surface area contributed by atoms with E-state index in [2.05, 4.69) is 16.9 Å². The molecule has 0 saturated carbocycles. The van der Waals surface area contributed by atoms with Gasteiger partial charge >= 0.3 is 0 Å². The van der Waals surface area contributed by atoms with Gasteiger partial charge < -0.3 is 14.9 Å². The molecule has 4 heteroatoms. The number of para-hydroxylation sites is 2. The second-order valence-electron chi connectivity index (χ2n) is 5.59. The molecule has 3 aromatic rings. The Morgan fingerprint density at radius 2 is 1.56 bits per heavy atom. The average Bonchev–Trinajstić information content (AvgIpc) is 2.68. The van der Waals surface area contributed by atoms with Crippen LogP contribution in [0.3, 0.4) is 0 Å². The Morgan fingerprint density at radius 3 is 2.28 bits per heavy atom. The Balaban J connectivity index is 1.61. The molecular weight excluding hydrogens is 312 g/mol. The van der Waals surface area contributed by atoms with E-state index in [1.165, 1.54) is 0 Å². The fourth-order valence-electron chi connectivity index (χ4n) is 2.50. The summed E-state index contributed by atoms with van der Waals surface area (Å²) in [6.07, 6.45) is 0. The van der Waals surface area contributed by atoms with Gasteiger partial charge in [0.2, 0.25) is 0 Å². The van der Waals surface area contributed by atoms with Crippen molar-refractivity contribution in [2.75, 3.05) is 12.5 Å². The van der Waals surface area contributed by atoms with Gasteiger partial charge in [-0.3, -0.25) is 0 Å². The van der Waals surface area contributed by atoms with E-state index in [-0.39, 0.29) is 0 Å². The summed E-state index contributed by atoms with van der Waals surface area (Å²) < 4.78 is 11.3. The molecule has 0 aliphatic carbocycles. The molecule has 0 spiro atoms. The molecule has 0 radical (unpaired) electrons. The minimum Gasteiger partial charge on any atom is -0.496 e. The molecule has 4 nitrogen and oxygen atoms in total. The third-order valence-corrected chi connectivity index (χ3v) is 3.78. The summed E-state index contributed by atoms with van der Waals surface area (Å²) in [7, 11) is 1.68. The maximum atomic E-state index is 5.85. The van der Waals surface area contributed by atoms with Gasteiger partial charge in [0.1, 0.15) is 18.1 Å². The van der Waals surface area contributed by atoms with Gasteiger partial charge in [0.25, 0.3) is 0 Å². The first-order valence-corrected chi connectivity index (χ1v) is 8.23. The van der Waals surface area contributed by atoms with E-state index in [0.717, 1.165) is 28.3 Å². The zero-order chi connectivity index (χ0) is 17.3. The topological polar surface area (TPSA) is 42.5 Å². The maximum Gasteiger partial charge on any atom is 0.125 e. The van der Waals surface area contributed by atoms with Crippen molar-refractivity contribution in [1.82, 2.24) is 5.43 Å². The van der Waals surface area contributed by atoms with E-state index in [4.69, 9.17) is 9.47 Å². The molecule has 3 rings (SSSR count). The maximum absolute atomic E-state index is 5.85. The van der Waals surface area contributed by atoms with Gasteiger partial charge in [-0.2, -0.15) is 0 Å². The lowest BCUT2D eigenvalue weighted by atomic mass is 10.1. The summed E-state index contributed by atoms with van der Waals surface area (Å²) >= 11 is 0. The third kappa shape index (κ3) is 4.99. The second-order valence-corrected chi connectivity index (χ2v) is 5.59. The number of benzene rings is 3. The van der Waals surface area contributed by atoms with Crippen molar-refractivity contribution in [2.24, 2.45) is 0 Å². The standard InChI is InChI=1S/C21H22N2O2/c1-24-21-13-12-17(15-22-23-19-8-4-2-5-9-19)14-18(21)16-25-20-10-6-3-7-11-20/h2-14,22-23H,15-16H2,1H3. The van der Waals surface area contributed by atoms with Crippen molar-refractivity contribution >= 4 is 5.69 Å². The predicted octanol–water partition coefficient (Wildman–Crippen LogP) is 4.39. The molecule has 0 bridgehead atoms. The zero-order valence-electron chi connectivity index (χ0n) is 14.2. The third-order valence-electron chi connectivity index (χ3n) is 3.78. The van der Waals surface area contributed by atoms with Crippen LogP contribution < -0.4 is 20.3 Å². The van der Waals surface area contributed by atoms with Crippen LogP contribution in [0, 0.1) is 0 Å². The molecular formula is C21H22N2O2. The van der Waals surface area contributed by atoms with Crippen molar-refractivity contribution in [3.63, 3.8) is 0 Å². The van der Waals surface area contributed by atoms with E-state index in [1.807, 2.05) is 72.8 Å². The number of ether oxygens (including phenoxy) is 2. The first-order valence-electron chi connectivity index (χ1n) is 8.23. The fraction of sp³-hybridized carbons (Fsp3) is 0.143. The predicted molar refractivity (Wildman–Crippen MR) is 101 cm³/mol. The van der Waals surface area contributed by atoms with E-state index < -0.39 is 0 Å². The van der Waals surface area contributed by atoms with Crippen molar-refractivity contribution in [3.8, 4) is 11.5 Å². The molecule has 0 saturated heterocycles. The molecule has 0 fully saturated rings. The van der Waals surface area contributed by atoms with Gasteiger partial charge in [-0.15, -0.1) is 0 Å². The number of nitrogens with one attached hydrogen (secondary N) is 2. The van der Waals surface area contributed by atoms with Crippen LogP contribution in [0.1, 0.15) is 11.1 Å². The average molecular weight is 334 g/mol. The van der Waals surface area contributed by atoms with Crippen LogP contribution in [0.4, 0.5) is 5.69 Å². The normalized spacial score (nSPS) is 10.3. The van der Waals surface area contributed by atoms with Crippen molar-refractivity contribution in [2.45, 2.75) is 13.2 Å². The van der Waals surface area contributed by atoms with Crippen LogP contribution in [0.25, 0.3) is 0 Å². The van der Waals surface area contributed by atoms with Crippen LogP contribution >= 0.6 is 0 Å². The van der Waals surface area contributed by atoms with Crippen molar-refractivity contribution in [3.05, 3.63) is 90.0 Å². The van der Waals surface area contributed by atoms with Gasteiger partial charge in [-0.25, -0.2) is 5.43 Å². The minimum atomic E-state index is 0.465. The summed E-state index contributed by atoms with van der Waals surface area (Å²) in [5.74, 6) is 1.68. The molecule has 3 aromatic carbocycles. The van der Waals surface area contributed by atoms with Crippen LogP contribution in [0.15, 0.2) is 78.9 Å². The fourth-order valence-corrected chi connectivity index (χ4v) is 2.50. The molecule has 0 heterocycles. The quantitative estimate of drug-likeness (QED) is 0.600. The minimum absolute atomic E-state index is 0.465. The van der Waals surface area contributed by atoms with E-state index >= 15 is 0 Å². The summed E-state index contributed by atoms with van der Waals surface area (Å²) in [4.78, 5) is 0. The van der Waals surface area contributed by atoms with E-state index in [9.17, 15) is 0 Å². The Kier molecular flexibility index (Phi) is 5.91. The van der Waals surface area contributed by atoms with Gasteiger partial charge in [0.05, 0.1) is 7.11 Å². The summed E-state index contributed by atoms with van der Waals surface area (Å²) in [6.45, 7) is 1.16. The van der Waals surface area contributed by atoms with Crippen molar-refractivity contribution < 1.29 is 9.47 Å². The van der Waals surface area contributed by atoms with Crippen LogP contribution in [0.5, 0.6) is 11.5 Å². The van der Waals surface area contributed by atoms with Gasteiger partial charge in [-0.1, -0.05) is 42.5 Å². The van der Waals surface area contributed by atoms with Crippen LogP contribution in [-0.4, -0.2) is 7.11 Å². The number of hydrogen-bond donors (Lipinski definition) is 2. The number of hydrazine groups is 1. The Bertz CT molecular complexity index is 776. The molecule has 0 unspecified atom stereocenters. The highest BCUT2D eigenvalue weighted by atomic mass is 16.5. The van der Waals surface area contributed by atoms with Gasteiger partial charge in [-0.05, 0) is 42.0 Å². The Morgan fingerprint density at radius 1 is 0.840 bits per heavy atom. The monoisotopic (exact) mass is 334 g/mol. The zero-order valence-corrected chi connectivity index (χ0v) is 14.2. The smallest absolute Gasteiger partial charge is 0.125 e. The molecule has 0 aliphatic heterocycles. The van der Waals surface area contributed by atoms with E-state index in [1.54, 1.807) is 7.11 Å². The number of anilines is 1. The highest BCUT2D eigenvalue weighted by Gasteiger charge is 2.06. The Labute approximate surface area is 148 Å². The lowest BCUT2D eigenvalue weighted by molar-refractivity contribution is 0.296. The SMILES string of the molecule is COc1ccc(CNNc2ccccc2)cc1COc1ccccc1.